The molecule has 1 unspecified atom stereocenters. The second-order valence-corrected chi connectivity index (χ2v) is 4.80. The third kappa shape index (κ3) is 2.95. The molecule has 112 valence electrons. The lowest BCUT2D eigenvalue weighted by Gasteiger charge is -2.21. The molecule has 0 radical (unpaired) electrons. The van der Waals surface area contributed by atoms with Crippen LogP contribution >= 0.6 is 0 Å². The summed E-state index contributed by atoms with van der Waals surface area (Å²) in [5.74, 6) is 2.16. The Kier molecular flexibility index (Phi) is 4.70. The van der Waals surface area contributed by atoms with E-state index in [9.17, 15) is 0 Å². The fourth-order valence-corrected chi connectivity index (χ4v) is 2.42. The largest absolute Gasteiger partial charge is 0.496 e. The fraction of sp³-hybridized carbons (Fsp3) is 0.294. The minimum absolute atomic E-state index is 0.397. The maximum absolute atomic E-state index is 6.46. The smallest absolute Gasteiger partial charge is 0.127 e. The minimum atomic E-state index is -0.397. The van der Waals surface area contributed by atoms with Crippen molar-refractivity contribution >= 4 is 0 Å². The first-order valence-electron chi connectivity index (χ1n) is 6.73. The van der Waals surface area contributed by atoms with E-state index in [2.05, 4.69) is 0 Å². The summed E-state index contributed by atoms with van der Waals surface area (Å²) in [6, 6.07) is 11.2. The van der Waals surface area contributed by atoms with E-state index in [1.54, 1.807) is 21.3 Å². The summed E-state index contributed by atoms with van der Waals surface area (Å²) in [6.45, 7) is 2.02. The molecule has 1 atom stereocenters. The van der Waals surface area contributed by atoms with Crippen LogP contribution in [-0.2, 0) is 0 Å². The van der Waals surface area contributed by atoms with Crippen molar-refractivity contribution in [2.45, 2.75) is 13.0 Å². The Hall–Kier alpha value is -2.20. The normalized spacial score (nSPS) is 11.9. The van der Waals surface area contributed by atoms with Crippen LogP contribution in [0.3, 0.4) is 0 Å². The van der Waals surface area contributed by atoms with Crippen LogP contribution in [-0.4, -0.2) is 21.3 Å². The molecule has 0 fully saturated rings. The molecule has 21 heavy (non-hydrogen) atoms. The lowest BCUT2D eigenvalue weighted by Crippen LogP contribution is -2.15. The van der Waals surface area contributed by atoms with Gasteiger partial charge in [-0.3, -0.25) is 0 Å². The van der Waals surface area contributed by atoms with Gasteiger partial charge in [0.25, 0.3) is 0 Å². The van der Waals surface area contributed by atoms with E-state index in [1.165, 1.54) is 0 Å². The Balaban J connectivity index is 2.56. The lowest BCUT2D eigenvalue weighted by molar-refractivity contribution is 0.379. The van der Waals surface area contributed by atoms with Gasteiger partial charge in [-0.15, -0.1) is 0 Å². The van der Waals surface area contributed by atoms with Crippen molar-refractivity contribution < 1.29 is 14.2 Å². The van der Waals surface area contributed by atoms with Crippen LogP contribution in [0.1, 0.15) is 22.7 Å². The molecule has 2 rings (SSSR count). The number of hydrogen-bond acceptors (Lipinski definition) is 4. The summed E-state index contributed by atoms with van der Waals surface area (Å²) < 4.78 is 16.3. The summed E-state index contributed by atoms with van der Waals surface area (Å²) in [7, 11) is 4.89. The van der Waals surface area contributed by atoms with Crippen molar-refractivity contribution in [1.82, 2.24) is 0 Å². The average molecular weight is 287 g/mol. The molecule has 2 aromatic carbocycles. The number of rotatable bonds is 5. The number of ether oxygens (including phenoxy) is 3. The highest BCUT2D eigenvalue weighted by atomic mass is 16.5. The molecule has 0 bridgehead atoms. The molecule has 4 nitrogen and oxygen atoms in total. The van der Waals surface area contributed by atoms with Gasteiger partial charge in [0, 0.05) is 5.56 Å². The SMILES string of the molecule is COc1cc(C)ccc1C(N)c1c(OC)cccc1OC. The molecule has 0 spiro atoms. The number of hydrogen-bond donors (Lipinski definition) is 1. The Morgan fingerprint density at radius 1 is 0.857 bits per heavy atom. The van der Waals surface area contributed by atoms with Crippen LogP contribution < -0.4 is 19.9 Å². The molecular formula is C17H21NO3. The van der Waals surface area contributed by atoms with Gasteiger partial charge >= 0.3 is 0 Å². The van der Waals surface area contributed by atoms with Crippen LogP contribution in [0.4, 0.5) is 0 Å². The molecule has 0 heterocycles. The van der Waals surface area contributed by atoms with Gasteiger partial charge in [0.05, 0.1) is 32.9 Å². The van der Waals surface area contributed by atoms with E-state index >= 15 is 0 Å². The van der Waals surface area contributed by atoms with Crippen LogP contribution in [0.25, 0.3) is 0 Å². The van der Waals surface area contributed by atoms with E-state index in [0.717, 1.165) is 22.4 Å². The monoisotopic (exact) mass is 287 g/mol. The third-order valence-corrected chi connectivity index (χ3v) is 3.50. The molecule has 0 aromatic heterocycles. The van der Waals surface area contributed by atoms with Crippen LogP contribution in [0.5, 0.6) is 17.2 Å². The van der Waals surface area contributed by atoms with Gasteiger partial charge in [-0.1, -0.05) is 18.2 Å². The zero-order valence-electron chi connectivity index (χ0n) is 12.8. The van der Waals surface area contributed by atoms with Gasteiger partial charge in [0.2, 0.25) is 0 Å². The van der Waals surface area contributed by atoms with Crippen molar-refractivity contribution in [3.63, 3.8) is 0 Å². The summed E-state index contributed by atoms with van der Waals surface area (Å²) in [4.78, 5) is 0. The molecule has 2 aromatic rings. The highest BCUT2D eigenvalue weighted by molar-refractivity contribution is 5.53. The van der Waals surface area contributed by atoms with E-state index < -0.39 is 6.04 Å². The zero-order chi connectivity index (χ0) is 15.4. The first-order valence-corrected chi connectivity index (χ1v) is 6.73. The molecule has 0 aliphatic heterocycles. The van der Waals surface area contributed by atoms with Crippen molar-refractivity contribution in [1.29, 1.82) is 0 Å². The number of benzene rings is 2. The highest BCUT2D eigenvalue weighted by Crippen LogP contribution is 2.38. The Morgan fingerprint density at radius 2 is 1.43 bits per heavy atom. The fourth-order valence-electron chi connectivity index (χ4n) is 2.42. The van der Waals surface area contributed by atoms with E-state index in [1.807, 2.05) is 43.3 Å². The first-order chi connectivity index (χ1) is 10.1. The first kappa shape index (κ1) is 15.2. The van der Waals surface area contributed by atoms with Gasteiger partial charge in [-0.05, 0) is 30.7 Å². The summed E-state index contributed by atoms with van der Waals surface area (Å²) in [6.07, 6.45) is 0. The Morgan fingerprint density at radius 3 is 1.95 bits per heavy atom. The molecule has 4 heteroatoms. The molecule has 2 N–H and O–H groups in total. The van der Waals surface area contributed by atoms with Crippen molar-refractivity contribution in [3.8, 4) is 17.2 Å². The van der Waals surface area contributed by atoms with Crippen LogP contribution in [0.2, 0.25) is 0 Å². The molecule has 0 saturated carbocycles. The predicted octanol–water partition coefficient (Wildman–Crippen LogP) is 3.07. The maximum atomic E-state index is 6.46. The van der Waals surface area contributed by atoms with Gasteiger partial charge < -0.3 is 19.9 Å². The molecular weight excluding hydrogens is 266 g/mol. The third-order valence-electron chi connectivity index (χ3n) is 3.50. The lowest BCUT2D eigenvalue weighted by atomic mass is 9.96. The topological polar surface area (TPSA) is 53.7 Å². The predicted molar refractivity (Wildman–Crippen MR) is 83.3 cm³/mol. The van der Waals surface area contributed by atoms with E-state index in [4.69, 9.17) is 19.9 Å². The van der Waals surface area contributed by atoms with Gasteiger partial charge in [-0.2, -0.15) is 0 Å². The zero-order valence-corrected chi connectivity index (χ0v) is 12.8. The van der Waals surface area contributed by atoms with E-state index in [-0.39, 0.29) is 0 Å². The highest BCUT2D eigenvalue weighted by Gasteiger charge is 2.22. The van der Waals surface area contributed by atoms with Gasteiger partial charge in [0.1, 0.15) is 17.2 Å². The summed E-state index contributed by atoms with van der Waals surface area (Å²) >= 11 is 0. The van der Waals surface area contributed by atoms with Crippen LogP contribution in [0.15, 0.2) is 36.4 Å². The minimum Gasteiger partial charge on any atom is -0.496 e. The molecule has 0 aliphatic rings. The number of nitrogens with two attached hydrogens (primary N) is 1. The standard InChI is InChI=1S/C17H21NO3/c1-11-8-9-12(15(10-11)21-4)17(18)16-13(19-2)6-5-7-14(16)20-3/h5-10,17H,18H2,1-4H3. The van der Waals surface area contributed by atoms with Crippen molar-refractivity contribution in [2.75, 3.05) is 21.3 Å². The quantitative estimate of drug-likeness (QED) is 0.918. The van der Waals surface area contributed by atoms with Crippen LogP contribution in [0, 0.1) is 6.92 Å². The number of methoxy groups -OCH3 is 3. The van der Waals surface area contributed by atoms with E-state index in [0.29, 0.717) is 11.5 Å². The summed E-state index contributed by atoms with van der Waals surface area (Å²) in [5.41, 5.74) is 9.28. The number of aryl methyl sites for hydroxylation is 1. The van der Waals surface area contributed by atoms with Gasteiger partial charge in [-0.25, -0.2) is 0 Å². The average Bonchev–Trinajstić information content (AvgIpc) is 2.53. The Bertz CT molecular complexity index is 603. The van der Waals surface area contributed by atoms with Crippen molar-refractivity contribution in [2.24, 2.45) is 5.73 Å². The molecule has 0 aliphatic carbocycles. The Labute approximate surface area is 125 Å². The second kappa shape index (κ2) is 6.50. The molecule has 0 amide bonds. The van der Waals surface area contributed by atoms with Crippen molar-refractivity contribution in [3.05, 3.63) is 53.1 Å². The maximum Gasteiger partial charge on any atom is 0.127 e. The van der Waals surface area contributed by atoms with Gasteiger partial charge in [0.15, 0.2) is 0 Å². The summed E-state index contributed by atoms with van der Waals surface area (Å²) in [5, 5.41) is 0. The second-order valence-electron chi connectivity index (χ2n) is 4.80. The molecule has 0 saturated heterocycles.